The summed E-state index contributed by atoms with van der Waals surface area (Å²) in [6, 6.07) is 7.55. The highest BCUT2D eigenvalue weighted by molar-refractivity contribution is 5.17. The number of aromatic hydroxyl groups is 1. The van der Waals surface area contributed by atoms with E-state index in [1.807, 2.05) is 0 Å². The lowest BCUT2D eigenvalue weighted by atomic mass is 10.3. The standard InChI is InChI=1S/C7H6O2.C5H10O/c8-6-4-2-1-3-5-7(6)9;1-5-3-2-4-6-5/h1-5H,(H,8,9);5H,2-4H2,1H3/t;5-/m.1/s1. The van der Waals surface area contributed by atoms with E-state index in [9.17, 15) is 4.79 Å². The Morgan fingerprint density at radius 2 is 2.07 bits per heavy atom. The molecule has 0 saturated carbocycles. The maximum Gasteiger partial charge on any atom is 0.220 e. The topological polar surface area (TPSA) is 46.5 Å². The molecule has 15 heavy (non-hydrogen) atoms. The Balaban J connectivity index is 0.000000162. The number of rotatable bonds is 0. The molecule has 82 valence electrons. The summed E-state index contributed by atoms with van der Waals surface area (Å²) in [4.78, 5) is 10.6. The summed E-state index contributed by atoms with van der Waals surface area (Å²) in [5.74, 6) is -0.208. The molecule has 2 rings (SSSR count). The van der Waals surface area contributed by atoms with Crippen LogP contribution >= 0.6 is 0 Å². The Labute approximate surface area is 89.3 Å². The molecule has 0 radical (unpaired) electrons. The highest BCUT2D eigenvalue weighted by Crippen LogP contribution is 2.09. The van der Waals surface area contributed by atoms with E-state index in [1.54, 1.807) is 18.2 Å². The van der Waals surface area contributed by atoms with Crippen LogP contribution in [0.2, 0.25) is 0 Å². The third-order valence-corrected chi connectivity index (χ3v) is 2.13. The van der Waals surface area contributed by atoms with E-state index in [1.165, 1.54) is 25.0 Å². The third-order valence-electron chi connectivity index (χ3n) is 2.13. The second-order valence-electron chi connectivity index (χ2n) is 3.48. The van der Waals surface area contributed by atoms with Gasteiger partial charge in [0, 0.05) is 6.61 Å². The average molecular weight is 208 g/mol. The van der Waals surface area contributed by atoms with E-state index in [0.29, 0.717) is 6.10 Å². The SMILES string of the molecule is C[C@@H]1CCCO1.O=c1cccccc1O. The quantitative estimate of drug-likeness (QED) is 0.708. The van der Waals surface area contributed by atoms with E-state index in [2.05, 4.69) is 6.92 Å². The first-order valence-corrected chi connectivity index (χ1v) is 5.10. The first-order chi connectivity index (χ1) is 7.20. The van der Waals surface area contributed by atoms with Crippen molar-refractivity contribution in [3.8, 4) is 5.75 Å². The zero-order chi connectivity index (χ0) is 11.1. The van der Waals surface area contributed by atoms with Crippen LogP contribution in [0.3, 0.4) is 0 Å². The maximum atomic E-state index is 10.6. The van der Waals surface area contributed by atoms with Crippen LogP contribution in [-0.4, -0.2) is 17.8 Å². The maximum absolute atomic E-state index is 10.6. The summed E-state index contributed by atoms with van der Waals surface area (Å²) in [5.41, 5.74) is -0.347. The van der Waals surface area contributed by atoms with Crippen LogP contribution in [0, 0.1) is 0 Å². The molecule has 1 aliphatic rings. The molecule has 3 nitrogen and oxygen atoms in total. The minimum Gasteiger partial charge on any atom is -0.504 e. The summed E-state index contributed by atoms with van der Waals surface area (Å²) in [6.45, 7) is 3.11. The van der Waals surface area contributed by atoms with Gasteiger partial charge in [-0.3, -0.25) is 4.79 Å². The van der Waals surface area contributed by atoms with Gasteiger partial charge < -0.3 is 9.84 Å². The van der Waals surface area contributed by atoms with E-state index >= 15 is 0 Å². The highest BCUT2D eigenvalue weighted by Gasteiger charge is 2.07. The fraction of sp³-hybridized carbons (Fsp3) is 0.417. The first kappa shape index (κ1) is 11.7. The van der Waals surface area contributed by atoms with Crippen molar-refractivity contribution in [3.63, 3.8) is 0 Å². The number of ether oxygens (including phenoxy) is 1. The molecular weight excluding hydrogens is 192 g/mol. The van der Waals surface area contributed by atoms with Gasteiger partial charge in [-0.2, -0.15) is 0 Å². The van der Waals surface area contributed by atoms with Gasteiger partial charge in [0.2, 0.25) is 5.43 Å². The van der Waals surface area contributed by atoms with Crippen LogP contribution in [0.4, 0.5) is 0 Å². The van der Waals surface area contributed by atoms with Crippen LogP contribution in [0.15, 0.2) is 35.1 Å². The van der Waals surface area contributed by atoms with Crippen molar-refractivity contribution in [2.24, 2.45) is 0 Å². The lowest BCUT2D eigenvalue weighted by molar-refractivity contribution is 0.125. The third kappa shape index (κ3) is 4.61. The Kier molecular flexibility index (Phi) is 4.84. The molecule has 0 amide bonds. The molecule has 1 aliphatic heterocycles. The lowest BCUT2D eigenvalue weighted by Crippen LogP contribution is -1.94. The van der Waals surface area contributed by atoms with Crippen molar-refractivity contribution in [1.29, 1.82) is 0 Å². The fourth-order valence-electron chi connectivity index (χ4n) is 1.26. The van der Waals surface area contributed by atoms with Gasteiger partial charge in [-0.1, -0.05) is 18.2 Å². The van der Waals surface area contributed by atoms with Gasteiger partial charge in [-0.15, -0.1) is 0 Å². The van der Waals surface area contributed by atoms with Crippen molar-refractivity contribution in [2.45, 2.75) is 25.9 Å². The summed E-state index contributed by atoms with van der Waals surface area (Å²) < 4.78 is 5.15. The molecule has 3 heteroatoms. The van der Waals surface area contributed by atoms with Crippen LogP contribution in [0.5, 0.6) is 5.75 Å². The Morgan fingerprint density at radius 3 is 2.60 bits per heavy atom. The van der Waals surface area contributed by atoms with Gasteiger partial charge in [-0.05, 0) is 31.9 Å². The molecule has 1 heterocycles. The van der Waals surface area contributed by atoms with Gasteiger partial charge in [-0.25, -0.2) is 0 Å². The Bertz CT molecular complexity index is 343. The van der Waals surface area contributed by atoms with Gasteiger partial charge in [0.15, 0.2) is 5.75 Å². The minimum absolute atomic E-state index is 0.208. The predicted octanol–water partition coefficient (Wildman–Crippen LogP) is 1.94. The summed E-state index contributed by atoms with van der Waals surface area (Å²) in [6.07, 6.45) is 3.08. The molecule has 0 bridgehead atoms. The average Bonchev–Trinajstić information content (AvgIpc) is 2.61. The van der Waals surface area contributed by atoms with E-state index in [4.69, 9.17) is 9.84 Å². The van der Waals surface area contributed by atoms with E-state index in [-0.39, 0.29) is 11.2 Å². The number of hydrogen-bond acceptors (Lipinski definition) is 3. The Hall–Kier alpha value is -1.35. The second-order valence-corrected chi connectivity index (χ2v) is 3.48. The van der Waals surface area contributed by atoms with Crippen LogP contribution in [0.1, 0.15) is 19.8 Å². The molecule has 0 aliphatic carbocycles. The van der Waals surface area contributed by atoms with Gasteiger partial charge in [0.05, 0.1) is 6.10 Å². The predicted molar refractivity (Wildman–Crippen MR) is 59.0 cm³/mol. The highest BCUT2D eigenvalue weighted by atomic mass is 16.5. The van der Waals surface area contributed by atoms with Crippen LogP contribution in [-0.2, 0) is 4.74 Å². The number of hydrogen-bond donors (Lipinski definition) is 1. The van der Waals surface area contributed by atoms with Crippen molar-refractivity contribution in [3.05, 3.63) is 40.6 Å². The Morgan fingerprint density at radius 1 is 1.33 bits per heavy atom. The molecule has 0 spiro atoms. The van der Waals surface area contributed by atoms with E-state index < -0.39 is 0 Å². The largest absolute Gasteiger partial charge is 0.504 e. The van der Waals surface area contributed by atoms with Crippen LogP contribution < -0.4 is 5.43 Å². The van der Waals surface area contributed by atoms with Crippen molar-refractivity contribution < 1.29 is 9.84 Å². The zero-order valence-corrected chi connectivity index (χ0v) is 8.85. The molecule has 0 unspecified atom stereocenters. The molecule has 1 aromatic rings. The van der Waals surface area contributed by atoms with Gasteiger partial charge in [0.25, 0.3) is 0 Å². The monoisotopic (exact) mass is 208 g/mol. The second kappa shape index (κ2) is 6.19. The normalized spacial score (nSPS) is 19.1. The molecule has 1 fully saturated rings. The molecule has 1 atom stereocenters. The summed E-state index contributed by atoms with van der Waals surface area (Å²) in [5, 5.41) is 8.77. The van der Waals surface area contributed by atoms with E-state index in [0.717, 1.165) is 6.61 Å². The first-order valence-electron chi connectivity index (χ1n) is 5.10. The van der Waals surface area contributed by atoms with Gasteiger partial charge in [0.1, 0.15) is 0 Å². The molecule has 1 aromatic carbocycles. The van der Waals surface area contributed by atoms with Gasteiger partial charge >= 0.3 is 0 Å². The molecule has 1 saturated heterocycles. The molecular formula is C12H16O3. The smallest absolute Gasteiger partial charge is 0.220 e. The minimum atomic E-state index is -0.347. The van der Waals surface area contributed by atoms with Crippen molar-refractivity contribution in [2.75, 3.05) is 6.61 Å². The van der Waals surface area contributed by atoms with Crippen LogP contribution in [0.25, 0.3) is 0 Å². The van der Waals surface area contributed by atoms with Crippen molar-refractivity contribution >= 4 is 0 Å². The molecule has 0 aromatic heterocycles. The zero-order valence-electron chi connectivity index (χ0n) is 8.85. The summed E-state index contributed by atoms with van der Waals surface area (Å²) in [7, 11) is 0. The summed E-state index contributed by atoms with van der Waals surface area (Å²) >= 11 is 0. The molecule has 1 N–H and O–H groups in total. The fourth-order valence-corrected chi connectivity index (χ4v) is 1.26. The lowest BCUT2D eigenvalue weighted by Gasteiger charge is -1.94. The van der Waals surface area contributed by atoms with Crippen molar-refractivity contribution in [1.82, 2.24) is 0 Å².